The van der Waals surface area contributed by atoms with E-state index < -0.39 is 16.0 Å². The Morgan fingerprint density at radius 3 is 2.41 bits per heavy atom. The van der Waals surface area contributed by atoms with Gasteiger partial charge in [0.1, 0.15) is 5.75 Å². The summed E-state index contributed by atoms with van der Waals surface area (Å²) < 4.78 is 32.8. The van der Waals surface area contributed by atoms with E-state index in [-0.39, 0.29) is 37.2 Å². The van der Waals surface area contributed by atoms with Crippen LogP contribution in [0.4, 0.5) is 5.69 Å². The van der Waals surface area contributed by atoms with Crippen LogP contribution in [0, 0.1) is 0 Å². The molecule has 27 heavy (non-hydrogen) atoms. The highest BCUT2D eigenvalue weighted by Gasteiger charge is 2.20. The van der Waals surface area contributed by atoms with Crippen LogP contribution in [0.5, 0.6) is 5.75 Å². The van der Waals surface area contributed by atoms with Gasteiger partial charge in [-0.3, -0.25) is 4.72 Å². The van der Waals surface area contributed by atoms with Gasteiger partial charge < -0.3 is 9.84 Å². The molecule has 0 saturated carbocycles. The molecule has 10 heteroatoms. The SMILES string of the molecule is COc1ccc(S(=O)(=O)Nc2cc(C(=O)O)nc3cc(Cl)cc(Cl)c23)cc1. The maximum atomic E-state index is 12.7. The zero-order valence-corrected chi connectivity index (χ0v) is 16.1. The van der Waals surface area contributed by atoms with E-state index in [0.29, 0.717) is 5.75 Å². The molecule has 0 saturated heterocycles. The average molecular weight is 427 g/mol. The zero-order valence-electron chi connectivity index (χ0n) is 13.7. The summed E-state index contributed by atoms with van der Waals surface area (Å²) in [6, 6.07) is 9.64. The predicted octanol–water partition coefficient (Wildman–Crippen LogP) is 4.05. The second kappa shape index (κ2) is 7.22. The maximum Gasteiger partial charge on any atom is 0.354 e. The number of hydrogen-bond donors (Lipinski definition) is 2. The number of ether oxygens (including phenoxy) is 1. The lowest BCUT2D eigenvalue weighted by Crippen LogP contribution is -2.14. The number of methoxy groups -OCH3 is 1. The van der Waals surface area contributed by atoms with E-state index in [9.17, 15) is 18.3 Å². The maximum absolute atomic E-state index is 12.7. The summed E-state index contributed by atoms with van der Waals surface area (Å²) in [5, 5.41) is 9.88. The van der Waals surface area contributed by atoms with Gasteiger partial charge in [-0.05, 0) is 42.5 Å². The summed E-state index contributed by atoms with van der Waals surface area (Å²) in [6.07, 6.45) is 0. The van der Waals surface area contributed by atoms with Gasteiger partial charge in [0.2, 0.25) is 0 Å². The summed E-state index contributed by atoms with van der Waals surface area (Å²) in [5.41, 5.74) is -0.219. The molecule has 2 N–H and O–H groups in total. The molecule has 0 aliphatic rings. The fourth-order valence-corrected chi connectivity index (χ4v) is 4.08. The van der Waals surface area contributed by atoms with E-state index in [1.807, 2.05) is 0 Å². The van der Waals surface area contributed by atoms with Crippen LogP contribution in [0.1, 0.15) is 10.5 Å². The molecule has 7 nitrogen and oxygen atoms in total. The molecule has 0 amide bonds. The van der Waals surface area contributed by atoms with Crippen LogP contribution in [-0.2, 0) is 10.0 Å². The van der Waals surface area contributed by atoms with Crippen LogP contribution in [-0.4, -0.2) is 31.6 Å². The van der Waals surface area contributed by atoms with Gasteiger partial charge in [0, 0.05) is 10.4 Å². The highest BCUT2D eigenvalue weighted by molar-refractivity contribution is 7.92. The Morgan fingerprint density at radius 1 is 1.15 bits per heavy atom. The van der Waals surface area contributed by atoms with E-state index in [0.717, 1.165) is 6.07 Å². The van der Waals surface area contributed by atoms with Gasteiger partial charge in [-0.1, -0.05) is 23.2 Å². The van der Waals surface area contributed by atoms with E-state index in [4.69, 9.17) is 27.9 Å². The number of sulfonamides is 1. The molecule has 3 rings (SSSR count). The molecule has 0 atom stereocenters. The van der Waals surface area contributed by atoms with Crippen molar-refractivity contribution in [3.63, 3.8) is 0 Å². The number of benzene rings is 2. The molecule has 140 valence electrons. The Kier molecular flexibility index (Phi) is 5.14. The lowest BCUT2D eigenvalue weighted by Gasteiger charge is -2.13. The molecule has 1 heterocycles. The van der Waals surface area contributed by atoms with Gasteiger partial charge in [0.25, 0.3) is 10.0 Å². The molecule has 0 spiro atoms. The molecule has 0 radical (unpaired) electrons. The second-order valence-corrected chi connectivity index (χ2v) is 7.95. The number of pyridine rings is 1. The van der Waals surface area contributed by atoms with Gasteiger partial charge in [0.15, 0.2) is 5.69 Å². The first-order valence-corrected chi connectivity index (χ1v) is 9.65. The molecular weight excluding hydrogens is 415 g/mol. The third-order valence-corrected chi connectivity index (χ3v) is 5.56. The van der Waals surface area contributed by atoms with Crippen molar-refractivity contribution in [1.29, 1.82) is 0 Å². The minimum absolute atomic E-state index is 0.0186. The Labute approximate surface area is 164 Å². The number of halogens is 2. The molecule has 0 aliphatic carbocycles. The number of carbonyl (C=O) groups is 1. The lowest BCUT2D eigenvalue weighted by atomic mass is 10.1. The number of anilines is 1. The van der Waals surface area contributed by atoms with Crippen molar-refractivity contribution in [2.75, 3.05) is 11.8 Å². The van der Waals surface area contributed by atoms with E-state index in [2.05, 4.69) is 9.71 Å². The average Bonchev–Trinajstić information content (AvgIpc) is 2.60. The van der Waals surface area contributed by atoms with Crippen molar-refractivity contribution in [1.82, 2.24) is 4.98 Å². The molecule has 0 aliphatic heterocycles. The van der Waals surface area contributed by atoms with E-state index in [1.54, 1.807) is 0 Å². The first-order chi connectivity index (χ1) is 12.7. The smallest absolute Gasteiger partial charge is 0.354 e. The van der Waals surface area contributed by atoms with Gasteiger partial charge in [-0.2, -0.15) is 0 Å². The van der Waals surface area contributed by atoms with Crippen molar-refractivity contribution < 1.29 is 23.1 Å². The minimum atomic E-state index is -4.02. The number of fused-ring (bicyclic) bond motifs is 1. The summed E-state index contributed by atoms with van der Waals surface area (Å²) >= 11 is 12.1. The normalized spacial score (nSPS) is 11.4. The van der Waals surface area contributed by atoms with Crippen LogP contribution in [0.15, 0.2) is 47.4 Å². The zero-order chi connectivity index (χ0) is 19.8. The first kappa shape index (κ1) is 19.2. The van der Waals surface area contributed by atoms with E-state index in [1.165, 1.54) is 43.5 Å². The molecule has 3 aromatic rings. The van der Waals surface area contributed by atoms with Gasteiger partial charge >= 0.3 is 5.97 Å². The third kappa shape index (κ3) is 3.92. The number of hydrogen-bond acceptors (Lipinski definition) is 5. The highest BCUT2D eigenvalue weighted by atomic mass is 35.5. The molecule has 0 bridgehead atoms. The van der Waals surface area contributed by atoms with Gasteiger partial charge in [-0.25, -0.2) is 18.2 Å². The quantitative estimate of drug-likeness (QED) is 0.637. The molecule has 2 aromatic carbocycles. The second-order valence-electron chi connectivity index (χ2n) is 5.42. The monoisotopic (exact) mass is 426 g/mol. The Morgan fingerprint density at radius 2 is 1.81 bits per heavy atom. The van der Waals surface area contributed by atoms with Crippen molar-refractivity contribution in [3.05, 3.63) is 58.2 Å². The standard InChI is InChI=1S/C17H12Cl2N2O5S/c1-26-10-2-4-11(5-3-10)27(24,25)21-14-8-15(17(22)23)20-13-7-9(18)6-12(19)16(13)14/h2-8H,1H3,(H,20,21)(H,22,23). The van der Waals surface area contributed by atoms with Gasteiger partial charge in [-0.15, -0.1) is 0 Å². The minimum Gasteiger partial charge on any atom is -0.497 e. The van der Waals surface area contributed by atoms with E-state index >= 15 is 0 Å². The number of aromatic carboxylic acids is 1. The van der Waals surface area contributed by atoms with Crippen LogP contribution < -0.4 is 9.46 Å². The number of rotatable bonds is 5. The van der Waals surface area contributed by atoms with Crippen molar-refractivity contribution in [2.24, 2.45) is 0 Å². The first-order valence-electron chi connectivity index (χ1n) is 7.41. The Bertz CT molecular complexity index is 1150. The predicted molar refractivity (Wildman–Crippen MR) is 103 cm³/mol. The number of aromatic nitrogens is 1. The Balaban J connectivity index is 2.16. The van der Waals surface area contributed by atoms with Gasteiger partial charge in [0.05, 0.1) is 28.2 Å². The molecular formula is C17H12Cl2N2O5S. The fourth-order valence-electron chi connectivity index (χ4n) is 2.43. The topological polar surface area (TPSA) is 106 Å². The van der Waals surface area contributed by atoms with Crippen LogP contribution in [0.3, 0.4) is 0 Å². The number of nitrogens with zero attached hydrogens (tertiary/aromatic N) is 1. The highest BCUT2D eigenvalue weighted by Crippen LogP contribution is 2.34. The van der Waals surface area contributed by atoms with Crippen LogP contribution in [0.2, 0.25) is 10.0 Å². The summed E-state index contributed by atoms with van der Waals surface area (Å²) in [4.78, 5) is 15.3. The lowest BCUT2D eigenvalue weighted by molar-refractivity contribution is 0.0691. The fraction of sp³-hybridized carbons (Fsp3) is 0.0588. The molecule has 0 unspecified atom stereocenters. The number of carboxylic acid groups (broad SMARTS) is 1. The summed E-state index contributed by atoms with van der Waals surface area (Å²) in [6.45, 7) is 0. The van der Waals surface area contributed by atoms with Crippen LogP contribution in [0.25, 0.3) is 10.9 Å². The number of nitrogens with one attached hydrogen (secondary N) is 1. The summed E-state index contributed by atoms with van der Waals surface area (Å²) in [7, 11) is -2.55. The number of carboxylic acids is 1. The Hall–Kier alpha value is -2.55. The van der Waals surface area contributed by atoms with Crippen molar-refractivity contribution >= 4 is 55.8 Å². The van der Waals surface area contributed by atoms with Crippen LogP contribution >= 0.6 is 23.2 Å². The summed E-state index contributed by atoms with van der Waals surface area (Å²) in [5.74, 6) is -0.827. The van der Waals surface area contributed by atoms with Crippen molar-refractivity contribution in [2.45, 2.75) is 4.90 Å². The third-order valence-electron chi connectivity index (χ3n) is 3.66. The largest absolute Gasteiger partial charge is 0.497 e. The van der Waals surface area contributed by atoms with Crippen molar-refractivity contribution in [3.8, 4) is 5.75 Å². The molecule has 1 aromatic heterocycles. The molecule has 0 fully saturated rings.